The molecule has 1 unspecified atom stereocenters. The Bertz CT molecular complexity index is 281. The average Bonchev–Trinajstić information content (AvgIpc) is 2.75. The highest BCUT2D eigenvalue weighted by molar-refractivity contribution is 8.00. The third-order valence-electron chi connectivity index (χ3n) is 2.67. The summed E-state index contributed by atoms with van der Waals surface area (Å²) in [6.45, 7) is 6.96. The molecule has 0 saturated carbocycles. The minimum Gasteiger partial charge on any atom is -0.464 e. The van der Waals surface area contributed by atoms with E-state index in [2.05, 4.69) is 13.8 Å². The van der Waals surface area contributed by atoms with Gasteiger partial charge in [-0.2, -0.15) is 0 Å². The molecule has 0 radical (unpaired) electrons. The van der Waals surface area contributed by atoms with Gasteiger partial charge in [0.25, 0.3) is 0 Å². The van der Waals surface area contributed by atoms with Crippen LogP contribution < -0.4 is 0 Å². The zero-order valence-corrected chi connectivity index (χ0v) is 11.6. The average molecular weight is 259 g/mol. The van der Waals surface area contributed by atoms with Crippen LogP contribution in [0.1, 0.15) is 33.6 Å². The van der Waals surface area contributed by atoms with Gasteiger partial charge in [-0.25, -0.2) is 4.79 Å². The molecule has 0 aromatic heterocycles. The fraction of sp³-hybridized carbons (Fsp3) is 0.833. The minimum atomic E-state index is -0.352. The van der Waals surface area contributed by atoms with Crippen LogP contribution in [0, 0.1) is 0 Å². The molecule has 1 fully saturated rings. The first-order valence-corrected chi connectivity index (χ1v) is 7.18. The normalized spacial score (nSPS) is 19.8. The standard InChI is InChI=1S/C12H21NO3S/c1-4-16-12(15)10-6-5-7-13(10)11(14)8-17-9(2)3/h9-10H,4-8H2,1-3H3. The summed E-state index contributed by atoms with van der Waals surface area (Å²) in [7, 11) is 0. The Morgan fingerprint density at radius 2 is 2.18 bits per heavy atom. The molecule has 0 aromatic carbocycles. The van der Waals surface area contributed by atoms with Gasteiger partial charge in [-0.15, -0.1) is 11.8 Å². The van der Waals surface area contributed by atoms with E-state index in [0.29, 0.717) is 24.2 Å². The van der Waals surface area contributed by atoms with Gasteiger partial charge in [-0.1, -0.05) is 13.8 Å². The molecule has 1 heterocycles. The lowest BCUT2D eigenvalue weighted by Crippen LogP contribution is -2.42. The van der Waals surface area contributed by atoms with Crippen molar-refractivity contribution < 1.29 is 14.3 Å². The molecule has 1 atom stereocenters. The van der Waals surface area contributed by atoms with Gasteiger partial charge in [0.05, 0.1) is 12.4 Å². The summed E-state index contributed by atoms with van der Waals surface area (Å²) in [5, 5.41) is 0.433. The van der Waals surface area contributed by atoms with Crippen molar-refractivity contribution in [2.45, 2.75) is 44.9 Å². The van der Waals surface area contributed by atoms with Gasteiger partial charge in [0.1, 0.15) is 6.04 Å². The molecule has 1 rings (SSSR count). The van der Waals surface area contributed by atoms with Crippen LogP contribution in [0.2, 0.25) is 0 Å². The maximum atomic E-state index is 12.0. The fourth-order valence-electron chi connectivity index (χ4n) is 1.87. The predicted octanol–water partition coefficient (Wildman–Crippen LogP) is 1.68. The van der Waals surface area contributed by atoms with E-state index < -0.39 is 0 Å². The number of rotatable bonds is 5. The van der Waals surface area contributed by atoms with E-state index in [1.165, 1.54) is 0 Å². The number of thioether (sulfide) groups is 1. The summed E-state index contributed by atoms with van der Waals surface area (Å²) in [6, 6.07) is -0.352. The summed E-state index contributed by atoms with van der Waals surface area (Å²) in [6.07, 6.45) is 1.62. The highest BCUT2D eigenvalue weighted by Crippen LogP contribution is 2.20. The molecule has 0 spiro atoms. The van der Waals surface area contributed by atoms with Crippen LogP contribution in [0.15, 0.2) is 0 Å². The first-order valence-electron chi connectivity index (χ1n) is 6.14. The molecule has 0 aromatic rings. The van der Waals surface area contributed by atoms with Gasteiger partial charge in [0.2, 0.25) is 5.91 Å². The Kier molecular flexibility index (Phi) is 5.82. The van der Waals surface area contributed by atoms with Crippen LogP contribution >= 0.6 is 11.8 Å². The molecule has 4 nitrogen and oxygen atoms in total. The van der Waals surface area contributed by atoms with E-state index >= 15 is 0 Å². The summed E-state index contributed by atoms with van der Waals surface area (Å²) in [5.74, 6) is 0.250. The number of carbonyl (C=O) groups is 2. The molecular weight excluding hydrogens is 238 g/mol. The lowest BCUT2D eigenvalue weighted by atomic mass is 10.2. The largest absolute Gasteiger partial charge is 0.464 e. The summed E-state index contributed by atoms with van der Waals surface area (Å²) >= 11 is 1.61. The van der Waals surface area contributed by atoms with E-state index in [1.54, 1.807) is 23.6 Å². The number of amides is 1. The van der Waals surface area contributed by atoms with Crippen LogP contribution in [0.5, 0.6) is 0 Å². The first-order chi connectivity index (χ1) is 8.06. The van der Waals surface area contributed by atoms with Gasteiger partial charge in [0.15, 0.2) is 0 Å². The van der Waals surface area contributed by atoms with E-state index in [9.17, 15) is 9.59 Å². The van der Waals surface area contributed by atoms with Gasteiger partial charge in [0, 0.05) is 6.54 Å². The second-order valence-electron chi connectivity index (χ2n) is 4.36. The zero-order valence-electron chi connectivity index (χ0n) is 10.8. The van der Waals surface area contributed by atoms with Gasteiger partial charge < -0.3 is 9.64 Å². The molecule has 0 N–H and O–H groups in total. The highest BCUT2D eigenvalue weighted by atomic mass is 32.2. The second-order valence-corrected chi connectivity index (χ2v) is 5.92. The lowest BCUT2D eigenvalue weighted by molar-refractivity contribution is -0.152. The molecule has 0 aliphatic carbocycles. The van der Waals surface area contributed by atoms with E-state index in [-0.39, 0.29) is 17.9 Å². The van der Waals surface area contributed by atoms with E-state index in [4.69, 9.17) is 4.74 Å². The fourth-order valence-corrected chi connectivity index (χ4v) is 2.51. The minimum absolute atomic E-state index is 0.0549. The Hall–Kier alpha value is -0.710. The van der Waals surface area contributed by atoms with Crippen molar-refractivity contribution in [3.05, 3.63) is 0 Å². The summed E-state index contributed by atoms with van der Waals surface area (Å²) in [5.41, 5.74) is 0. The second kappa shape index (κ2) is 6.89. The molecule has 5 heteroatoms. The molecule has 17 heavy (non-hydrogen) atoms. The van der Waals surface area contributed by atoms with Crippen LogP contribution in [0.3, 0.4) is 0 Å². The van der Waals surface area contributed by atoms with Crippen LogP contribution in [0.25, 0.3) is 0 Å². The molecule has 0 bridgehead atoms. The van der Waals surface area contributed by atoms with Crippen molar-refractivity contribution in [3.63, 3.8) is 0 Å². The third-order valence-corrected chi connectivity index (χ3v) is 3.75. The van der Waals surface area contributed by atoms with E-state index in [0.717, 1.165) is 12.8 Å². The van der Waals surface area contributed by atoms with Gasteiger partial charge in [-0.3, -0.25) is 4.79 Å². The lowest BCUT2D eigenvalue weighted by Gasteiger charge is -2.23. The monoisotopic (exact) mass is 259 g/mol. The van der Waals surface area contributed by atoms with Gasteiger partial charge in [-0.05, 0) is 25.0 Å². The molecular formula is C12H21NO3S. The zero-order chi connectivity index (χ0) is 12.8. The van der Waals surface area contributed by atoms with Crippen molar-refractivity contribution in [1.29, 1.82) is 0 Å². The highest BCUT2D eigenvalue weighted by Gasteiger charge is 2.34. The molecule has 1 amide bonds. The Balaban J connectivity index is 2.50. The number of carbonyl (C=O) groups excluding carboxylic acids is 2. The molecule has 1 aliphatic rings. The number of hydrogen-bond donors (Lipinski definition) is 0. The molecule has 1 aliphatic heterocycles. The van der Waals surface area contributed by atoms with Crippen molar-refractivity contribution >= 4 is 23.6 Å². The summed E-state index contributed by atoms with van der Waals surface area (Å²) in [4.78, 5) is 25.3. The molecule has 98 valence electrons. The SMILES string of the molecule is CCOC(=O)C1CCCN1C(=O)CSC(C)C. The maximum absolute atomic E-state index is 12.0. The van der Waals surface area contributed by atoms with Crippen molar-refractivity contribution in [1.82, 2.24) is 4.90 Å². The number of hydrogen-bond acceptors (Lipinski definition) is 4. The van der Waals surface area contributed by atoms with Crippen molar-refractivity contribution in [2.75, 3.05) is 18.9 Å². The number of likely N-dealkylation sites (tertiary alicyclic amines) is 1. The Morgan fingerprint density at radius 3 is 2.76 bits per heavy atom. The van der Waals surface area contributed by atoms with Crippen LogP contribution in [-0.4, -0.2) is 47.0 Å². The molecule has 1 saturated heterocycles. The maximum Gasteiger partial charge on any atom is 0.328 e. The van der Waals surface area contributed by atoms with E-state index in [1.807, 2.05) is 0 Å². The quantitative estimate of drug-likeness (QED) is 0.705. The van der Waals surface area contributed by atoms with Gasteiger partial charge >= 0.3 is 5.97 Å². The number of esters is 1. The predicted molar refractivity (Wildman–Crippen MR) is 69.0 cm³/mol. The smallest absolute Gasteiger partial charge is 0.328 e. The van der Waals surface area contributed by atoms with Crippen molar-refractivity contribution in [3.8, 4) is 0 Å². The van der Waals surface area contributed by atoms with Crippen molar-refractivity contribution in [2.24, 2.45) is 0 Å². The topological polar surface area (TPSA) is 46.6 Å². The van der Waals surface area contributed by atoms with Crippen LogP contribution in [0.4, 0.5) is 0 Å². The number of nitrogens with zero attached hydrogens (tertiary/aromatic N) is 1. The Labute approximate surface area is 107 Å². The first kappa shape index (κ1) is 14.4. The number of ether oxygens (including phenoxy) is 1. The Morgan fingerprint density at radius 1 is 1.47 bits per heavy atom. The van der Waals surface area contributed by atoms with Crippen LogP contribution in [-0.2, 0) is 14.3 Å². The third kappa shape index (κ3) is 4.22. The summed E-state index contributed by atoms with van der Waals surface area (Å²) < 4.78 is 4.99.